The Hall–Kier alpha value is -1.27. The number of hydrogen-bond donors (Lipinski definition) is 3. The molecule has 0 atom stereocenters. The van der Waals surface area contributed by atoms with Gasteiger partial charge >= 0.3 is 5.97 Å². The van der Waals surface area contributed by atoms with Crippen molar-refractivity contribution in [2.75, 3.05) is 13.2 Å². The molecule has 0 radical (unpaired) electrons. The van der Waals surface area contributed by atoms with Crippen molar-refractivity contribution < 1.29 is 29.7 Å². The molecular formula is C6H10O6. The van der Waals surface area contributed by atoms with Gasteiger partial charge in [-0.15, -0.1) is 0 Å². The lowest BCUT2D eigenvalue weighted by Crippen LogP contribution is -2.07. The van der Waals surface area contributed by atoms with Crippen molar-refractivity contribution in [1.82, 2.24) is 0 Å². The number of aliphatic carboxylic acids is 1. The second-order valence-electron chi connectivity index (χ2n) is 1.72. The maximum absolute atomic E-state index is 9.68. The summed E-state index contributed by atoms with van der Waals surface area (Å²) in [5.41, 5.74) is 0. The summed E-state index contributed by atoms with van der Waals surface area (Å²) < 4.78 is 0. The van der Waals surface area contributed by atoms with E-state index in [-0.39, 0.29) is 0 Å². The number of carbonyl (C=O) groups is 3. The Labute approximate surface area is 68.4 Å². The topological polar surface area (TPSA) is 112 Å². The van der Waals surface area contributed by atoms with Gasteiger partial charge in [-0.05, 0) is 0 Å². The fourth-order valence-electron chi connectivity index (χ4n) is 0.0500. The zero-order valence-electron chi connectivity index (χ0n) is 6.48. The highest BCUT2D eigenvalue weighted by Gasteiger charge is 1.98. The van der Waals surface area contributed by atoms with E-state index in [1.165, 1.54) is 0 Å². The van der Waals surface area contributed by atoms with Gasteiger partial charge in [0.15, 0.2) is 5.78 Å². The van der Waals surface area contributed by atoms with Gasteiger partial charge in [0.1, 0.15) is 13.2 Å². The van der Waals surface area contributed by atoms with Crippen LogP contribution in [-0.4, -0.2) is 46.1 Å². The van der Waals surface area contributed by atoms with Gasteiger partial charge in [0.25, 0.3) is 0 Å². The van der Waals surface area contributed by atoms with E-state index in [0.29, 0.717) is 0 Å². The SMILES string of the molecule is CC(=O)C(=O)O.O=C(CO)CO. The molecule has 0 unspecified atom stereocenters. The van der Waals surface area contributed by atoms with Gasteiger partial charge in [0, 0.05) is 6.92 Å². The van der Waals surface area contributed by atoms with Gasteiger partial charge in [-0.25, -0.2) is 4.79 Å². The van der Waals surface area contributed by atoms with Crippen molar-refractivity contribution in [2.45, 2.75) is 6.92 Å². The molecule has 0 amide bonds. The van der Waals surface area contributed by atoms with Crippen molar-refractivity contribution in [2.24, 2.45) is 0 Å². The van der Waals surface area contributed by atoms with Crippen LogP contribution in [0, 0.1) is 0 Å². The third kappa shape index (κ3) is 11.5. The molecule has 0 aromatic carbocycles. The normalized spacial score (nSPS) is 7.92. The Balaban J connectivity index is 0. The van der Waals surface area contributed by atoms with Crippen LogP contribution in [0.15, 0.2) is 0 Å². The molecule has 0 aromatic heterocycles. The molecule has 0 fully saturated rings. The smallest absolute Gasteiger partial charge is 0.371 e. The third-order valence-corrected chi connectivity index (χ3v) is 0.654. The van der Waals surface area contributed by atoms with E-state index in [4.69, 9.17) is 15.3 Å². The number of carboxylic acid groups (broad SMARTS) is 1. The van der Waals surface area contributed by atoms with Gasteiger partial charge in [0.2, 0.25) is 5.78 Å². The first-order chi connectivity index (χ1) is 5.45. The number of ketones is 2. The van der Waals surface area contributed by atoms with Crippen molar-refractivity contribution in [3.8, 4) is 0 Å². The molecule has 6 nitrogen and oxygen atoms in total. The van der Waals surface area contributed by atoms with E-state index in [1.807, 2.05) is 0 Å². The van der Waals surface area contributed by atoms with Crippen molar-refractivity contribution >= 4 is 17.5 Å². The fourth-order valence-corrected chi connectivity index (χ4v) is 0.0500. The Morgan fingerprint density at radius 3 is 1.33 bits per heavy atom. The lowest BCUT2D eigenvalue weighted by molar-refractivity contribution is -0.148. The average Bonchev–Trinajstić information content (AvgIpc) is 2.04. The van der Waals surface area contributed by atoms with Crippen LogP contribution in [-0.2, 0) is 14.4 Å². The Morgan fingerprint density at radius 2 is 1.33 bits per heavy atom. The molecule has 0 aliphatic rings. The number of hydrogen-bond acceptors (Lipinski definition) is 5. The van der Waals surface area contributed by atoms with Crippen LogP contribution in [0.4, 0.5) is 0 Å². The van der Waals surface area contributed by atoms with E-state index in [0.717, 1.165) is 6.92 Å². The first kappa shape index (κ1) is 13.3. The minimum Gasteiger partial charge on any atom is -0.476 e. The number of aliphatic hydroxyl groups excluding tert-OH is 2. The zero-order valence-corrected chi connectivity index (χ0v) is 6.48. The first-order valence-corrected chi connectivity index (χ1v) is 2.93. The lowest BCUT2D eigenvalue weighted by Gasteiger charge is -1.81. The predicted octanol–water partition coefficient (Wildman–Crippen LogP) is -1.80. The molecule has 0 saturated heterocycles. The van der Waals surface area contributed by atoms with E-state index in [1.54, 1.807) is 0 Å². The molecular weight excluding hydrogens is 168 g/mol. The highest BCUT2D eigenvalue weighted by molar-refractivity contribution is 6.31. The molecule has 0 rings (SSSR count). The van der Waals surface area contributed by atoms with Crippen LogP contribution in [0.5, 0.6) is 0 Å². The summed E-state index contributed by atoms with van der Waals surface area (Å²) in [5.74, 6) is -2.75. The van der Waals surface area contributed by atoms with Gasteiger partial charge in [0.05, 0.1) is 0 Å². The molecule has 70 valence electrons. The standard InChI is InChI=1S/C3H6O3.C3H4O3/c4-1-3(6)2-5;1-2(4)3(5)6/h4-5H,1-2H2;1H3,(H,5,6). The highest BCUT2D eigenvalue weighted by atomic mass is 16.4. The largest absolute Gasteiger partial charge is 0.476 e. The summed E-state index contributed by atoms with van der Waals surface area (Å²) >= 11 is 0. The van der Waals surface area contributed by atoms with Crippen molar-refractivity contribution in [3.05, 3.63) is 0 Å². The van der Waals surface area contributed by atoms with E-state index < -0.39 is 30.7 Å². The van der Waals surface area contributed by atoms with Crippen LogP contribution in [0.25, 0.3) is 0 Å². The maximum Gasteiger partial charge on any atom is 0.371 e. The summed E-state index contributed by atoms with van der Waals surface area (Å²) in [6.07, 6.45) is 0. The molecule has 12 heavy (non-hydrogen) atoms. The molecule has 0 bridgehead atoms. The summed E-state index contributed by atoms with van der Waals surface area (Å²) in [7, 11) is 0. The first-order valence-electron chi connectivity index (χ1n) is 2.93. The molecule has 3 N–H and O–H groups in total. The minimum absolute atomic E-state index is 0.546. The van der Waals surface area contributed by atoms with Crippen LogP contribution in [0.3, 0.4) is 0 Å². The van der Waals surface area contributed by atoms with E-state index in [2.05, 4.69) is 0 Å². The summed E-state index contributed by atoms with van der Waals surface area (Å²) in [5, 5.41) is 23.3. The summed E-state index contributed by atoms with van der Waals surface area (Å²) in [4.78, 5) is 28.6. The average molecular weight is 178 g/mol. The van der Waals surface area contributed by atoms with Crippen molar-refractivity contribution in [1.29, 1.82) is 0 Å². The second-order valence-corrected chi connectivity index (χ2v) is 1.72. The van der Waals surface area contributed by atoms with E-state index >= 15 is 0 Å². The number of carbonyl (C=O) groups excluding carboxylic acids is 2. The molecule has 0 aromatic rings. The monoisotopic (exact) mass is 178 g/mol. The fraction of sp³-hybridized carbons (Fsp3) is 0.500. The quantitative estimate of drug-likeness (QED) is 0.439. The Morgan fingerprint density at radius 1 is 1.08 bits per heavy atom. The van der Waals surface area contributed by atoms with Crippen LogP contribution >= 0.6 is 0 Å². The molecule has 0 saturated carbocycles. The number of Topliss-reactive ketones (excluding diaryl/α,β-unsaturated/α-hetero) is 2. The van der Waals surface area contributed by atoms with Crippen LogP contribution in [0.1, 0.15) is 6.92 Å². The molecule has 0 heterocycles. The van der Waals surface area contributed by atoms with Crippen LogP contribution in [0.2, 0.25) is 0 Å². The Bertz CT molecular complexity index is 155. The summed E-state index contributed by atoms with van der Waals surface area (Å²) in [6, 6.07) is 0. The zero-order chi connectivity index (χ0) is 10.1. The molecule has 0 spiro atoms. The van der Waals surface area contributed by atoms with Gasteiger partial charge in [-0.1, -0.05) is 0 Å². The van der Waals surface area contributed by atoms with Gasteiger partial charge in [-0.3, -0.25) is 9.59 Å². The maximum atomic E-state index is 9.68. The minimum atomic E-state index is -1.38. The number of carboxylic acids is 1. The number of rotatable bonds is 3. The highest BCUT2D eigenvalue weighted by Crippen LogP contribution is 1.62. The van der Waals surface area contributed by atoms with Crippen LogP contribution < -0.4 is 0 Å². The van der Waals surface area contributed by atoms with Crippen molar-refractivity contribution in [3.63, 3.8) is 0 Å². The van der Waals surface area contributed by atoms with E-state index in [9.17, 15) is 14.4 Å². The van der Waals surface area contributed by atoms with Gasteiger partial charge in [-0.2, -0.15) is 0 Å². The molecule has 6 heteroatoms. The Kier molecular flexibility index (Phi) is 8.70. The summed E-state index contributed by atoms with van der Waals surface area (Å²) in [6.45, 7) is -0.116. The molecule has 0 aliphatic carbocycles. The van der Waals surface area contributed by atoms with Gasteiger partial charge < -0.3 is 15.3 Å². The third-order valence-electron chi connectivity index (χ3n) is 0.654. The number of aliphatic hydroxyl groups is 2. The predicted molar refractivity (Wildman–Crippen MR) is 37.5 cm³/mol. The molecule has 0 aliphatic heterocycles. The lowest BCUT2D eigenvalue weighted by atomic mass is 10.5. The second kappa shape index (κ2) is 7.83.